The number of hydrogen-bond donors (Lipinski definition) is 1. The van der Waals surface area contributed by atoms with Crippen LogP contribution in [0.25, 0.3) is 0 Å². The van der Waals surface area contributed by atoms with E-state index >= 15 is 0 Å². The van der Waals surface area contributed by atoms with Crippen LogP contribution in [0.2, 0.25) is 0 Å². The molecule has 0 saturated carbocycles. The van der Waals surface area contributed by atoms with Crippen molar-refractivity contribution in [3.05, 3.63) is 42.0 Å². The fourth-order valence-corrected chi connectivity index (χ4v) is 5.45. The molecule has 0 unspecified atom stereocenters. The number of nitrogens with one attached hydrogen (secondary N) is 1. The van der Waals surface area contributed by atoms with Crippen LogP contribution in [0.5, 0.6) is 17.2 Å². The van der Waals surface area contributed by atoms with Gasteiger partial charge in [-0.25, -0.2) is 8.42 Å². The Morgan fingerprint density at radius 1 is 1.19 bits per heavy atom. The van der Waals surface area contributed by atoms with Crippen LogP contribution in [-0.4, -0.2) is 45.1 Å². The Bertz CT molecular complexity index is 1090. The number of fused-ring (bicyclic) bond motifs is 1. The smallest absolute Gasteiger partial charge is 0.243 e. The zero-order valence-electron chi connectivity index (χ0n) is 17.6. The zero-order chi connectivity index (χ0) is 22.0. The van der Waals surface area contributed by atoms with E-state index in [1.165, 1.54) is 4.31 Å². The summed E-state index contributed by atoms with van der Waals surface area (Å²) in [7, 11) is -3.70. The molecule has 2 aromatic carbocycles. The molecule has 1 N–H and O–H groups in total. The van der Waals surface area contributed by atoms with Crippen LogP contribution in [0.4, 0.5) is 5.69 Å². The van der Waals surface area contributed by atoms with Crippen LogP contribution >= 0.6 is 0 Å². The number of hydrogen-bond acceptors (Lipinski definition) is 6. The Morgan fingerprint density at radius 2 is 2.00 bits per heavy atom. The minimum Gasteiger partial charge on any atom is -0.494 e. The zero-order valence-corrected chi connectivity index (χ0v) is 18.4. The molecule has 31 heavy (non-hydrogen) atoms. The Morgan fingerprint density at radius 3 is 2.77 bits per heavy atom. The van der Waals surface area contributed by atoms with Crippen molar-refractivity contribution in [1.82, 2.24) is 4.31 Å². The summed E-state index contributed by atoms with van der Waals surface area (Å²) in [5.41, 5.74) is 1.36. The summed E-state index contributed by atoms with van der Waals surface area (Å²) in [4.78, 5) is 13.0. The second-order valence-corrected chi connectivity index (χ2v) is 9.56. The molecule has 0 aliphatic carbocycles. The number of piperidine rings is 1. The van der Waals surface area contributed by atoms with E-state index in [1.807, 2.05) is 13.8 Å². The average molecular weight is 447 g/mol. The molecule has 0 aromatic heterocycles. The van der Waals surface area contributed by atoms with Crippen LogP contribution < -0.4 is 19.5 Å². The Labute approximate surface area is 182 Å². The monoisotopic (exact) mass is 446 g/mol. The van der Waals surface area contributed by atoms with Gasteiger partial charge < -0.3 is 19.5 Å². The van der Waals surface area contributed by atoms with Crippen LogP contribution in [-0.2, 0) is 14.8 Å². The SMILES string of the molecule is CCOc1ccc(S(=O)(=O)N2CCC[C@@H](C(=O)Nc3ccc4c(c3)OCO4)C2)cc1C. The number of anilines is 1. The Hall–Kier alpha value is -2.78. The summed E-state index contributed by atoms with van der Waals surface area (Å²) in [6.07, 6.45) is 1.25. The quantitative estimate of drug-likeness (QED) is 0.733. The normalized spacial score (nSPS) is 18.6. The standard InChI is InChI=1S/C22H26N2O6S/c1-3-28-19-9-7-18(11-15(19)2)31(26,27)24-10-4-5-16(13-24)22(25)23-17-6-8-20-21(12-17)30-14-29-20/h6-9,11-12,16H,3-5,10,13-14H2,1-2H3,(H,23,25)/t16-/m1/s1. The third kappa shape index (κ3) is 4.47. The van der Waals surface area contributed by atoms with Gasteiger partial charge in [0.2, 0.25) is 22.7 Å². The molecule has 0 spiro atoms. The molecular formula is C22H26N2O6S. The first-order valence-corrected chi connectivity index (χ1v) is 11.8. The number of carbonyl (C=O) groups is 1. The van der Waals surface area contributed by atoms with Gasteiger partial charge in [-0.3, -0.25) is 4.79 Å². The number of benzene rings is 2. The molecule has 2 heterocycles. The van der Waals surface area contributed by atoms with Gasteiger partial charge in [-0.15, -0.1) is 0 Å². The molecule has 1 amide bonds. The molecular weight excluding hydrogens is 420 g/mol. The molecule has 9 heteroatoms. The lowest BCUT2D eigenvalue weighted by Gasteiger charge is -2.31. The molecule has 166 valence electrons. The summed E-state index contributed by atoms with van der Waals surface area (Å²) in [5.74, 6) is 1.25. The highest BCUT2D eigenvalue weighted by Crippen LogP contribution is 2.34. The van der Waals surface area contributed by atoms with E-state index in [-0.39, 0.29) is 24.1 Å². The van der Waals surface area contributed by atoms with Crippen LogP contribution in [0.1, 0.15) is 25.3 Å². The number of amides is 1. The first kappa shape index (κ1) is 21.5. The second kappa shape index (κ2) is 8.76. The maximum Gasteiger partial charge on any atom is 0.243 e. The lowest BCUT2D eigenvalue weighted by molar-refractivity contribution is -0.120. The predicted molar refractivity (Wildman–Crippen MR) is 115 cm³/mol. The minimum atomic E-state index is -3.70. The molecule has 0 bridgehead atoms. The maximum atomic E-state index is 13.2. The van der Waals surface area contributed by atoms with Crippen LogP contribution in [0, 0.1) is 12.8 Å². The van der Waals surface area contributed by atoms with E-state index in [2.05, 4.69) is 5.32 Å². The van der Waals surface area contributed by atoms with E-state index in [0.717, 1.165) is 5.56 Å². The van der Waals surface area contributed by atoms with Crippen molar-refractivity contribution in [3.8, 4) is 17.2 Å². The van der Waals surface area contributed by atoms with E-state index in [1.54, 1.807) is 36.4 Å². The van der Waals surface area contributed by atoms with Gasteiger partial charge in [0.25, 0.3) is 0 Å². The molecule has 2 aliphatic rings. The van der Waals surface area contributed by atoms with Gasteiger partial charge in [-0.1, -0.05) is 0 Å². The number of carbonyl (C=O) groups excluding carboxylic acids is 1. The fraction of sp³-hybridized carbons (Fsp3) is 0.409. The first-order chi connectivity index (χ1) is 14.9. The summed E-state index contributed by atoms with van der Waals surface area (Å²) in [6, 6.07) is 10.1. The molecule has 8 nitrogen and oxygen atoms in total. The second-order valence-electron chi connectivity index (χ2n) is 7.62. The van der Waals surface area contributed by atoms with Crippen molar-refractivity contribution >= 4 is 21.6 Å². The van der Waals surface area contributed by atoms with Crippen LogP contribution in [0.3, 0.4) is 0 Å². The number of nitrogens with zero attached hydrogens (tertiary/aromatic N) is 1. The third-order valence-corrected chi connectivity index (χ3v) is 7.34. The Kier molecular flexibility index (Phi) is 6.06. The highest BCUT2D eigenvalue weighted by Gasteiger charge is 2.33. The summed E-state index contributed by atoms with van der Waals surface area (Å²) >= 11 is 0. The molecule has 1 fully saturated rings. The van der Waals surface area contributed by atoms with Crippen molar-refractivity contribution in [1.29, 1.82) is 0 Å². The highest BCUT2D eigenvalue weighted by molar-refractivity contribution is 7.89. The van der Waals surface area contributed by atoms with Crippen molar-refractivity contribution in [3.63, 3.8) is 0 Å². The largest absolute Gasteiger partial charge is 0.494 e. The number of aryl methyl sites for hydroxylation is 1. The van der Waals surface area contributed by atoms with Crippen molar-refractivity contribution in [2.45, 2.75) is 31.6 Å². The molecule has 1 saturated heterocycles. The highest BCUT2D eigenvalue weighted by atomic mass is 32.2. The van der Waals surface area contributed by atoms with E-state index in [9.17, 15) is 13.2 Å². The van der Waals surface area contributed by atoms with Gasteiger partial charge >= 0.3 is 0 Å². The lowest BCUT2D eigenvalue weighted by Crippen LogP contribution is -2.43. The van der Waals surface area contributed by atoms with Gasteiger partial charge in [0.05, 0.1) is 17.4 Å². The van der Waals surface area contributed by atoms with Crippen molar-refractivity contribution < 1.29 is 27.4 Å². The first-order valence-electron chi connectivity index (χ1n) is 10.3. The molecule has 4 rings (SSSR count). The summed E-state index contributed by atoms with van der Waals surface area (Å²) in [6.45, 7) is 4.91. The van der Waals surface area contributed by atoms with E-state index in [0.29, 0.717) is 48.9 Å². The van der Waals surface area contributed by atoms with Crippen molar-refractivity contribution in [2.75, 3.05) is 31.8 Å². The van der Waals surface area contributed by atoms with Gasteiger partial charge in [-0.05, 0) is 62.6 Å². The van der Waals surface area contributed by atoms with E-state index in [4.69, 9.17) is 14.2 Å². The minimum absolute atomic E-state index is 0.144. The number of sulfonamides is 1. The van der Waals surface area contributed by atoms with Gasteiger partial charge in [-0.2, -0.15) is 4.31 Å². The predicted octanol–water partition coefficient (Wildman–Crippen LogP) is 3.16. The number of ether oxygens (including phenoxy) is 3. The average Bonchev–Trinajstić information content (AvgIpc) is 3.23. The van der Waals surface area contributed by atoms with Crippen LogP contribution in [0.15, 0.2) is 41.3 Å². The van der Waals surface area contributed by atoms with Crippen molar-refractivity contribution in [2.24, 2.45) is 5.92 Å². The third-order valence-electron chi connectivity index (χ3n) is 5.48. The molecule has 2 aliphatic heterocycles. The maximum absolute atomic E-state index is 13.2. The van der Waals surface area contributed by atoms with Gasteiger partial charge in [0, 0.05) is 24.8 Å². The summed E-state index contributed by atoms with van der Waals surface area (Å²) < 4.78 is 43.9. The van der Waals surface area contributed by atoms with Gasteiger partial charge in [0.15, 0.2) is 11.5 Å². The van der Waals surface area contributed by atoms with Gasteiger partial charge in [0.1, 0.15) is 5.75 Å². The van der Waals surface area contributed by atoms with E-state index < -0.39 is 15.9 Å². The lowest BCUT2D eigenvalue weighted by atomic mass is 9.98. The topological polar surface area (TPSA) is 94.2 Å². The molecule has 1 atom stereocenters. The number of rotatable bonds is 6. The molecule has 2 aromatic rings. The Balaban J connectivity index is 1.46. The summed E-state index contributed by atoms with van der Waals surface area (Å²) in [5, 5.41) is 2.87. The fourth-order valence-electron chi connectivity index (χ4n) is 3.84. The molecule has 0 radical (unpaired) electrons.